The molecule has 2 aliphatic rings. The molecular weight excluding hydrogens is 379 g/mol. The second-order valence-corrected chi connectivity index (χ2v) is 8.29. The summed E-state index contributed by atoms with van der Waals surface area (Å²) in [6.45, 7) is 1.49. The third kappa shape index (κ3) is 4.03. The molecule has 1 unspecified atom stereocenters. The molecule has 146 valence electrons. The molecule has 0 bridgehead atoms. The number of hydrogen-bond donors (Lipinski definition) is 2. The molecule has 5 heteroatoms. The zero-order chi connectivity index (χ0) is 18.1. The van der Waals surface area contributed by atoms with Crippen molar-refractivity contribution in [1.29, 1.82) is 0 Å². The smallest absolute Gasteiger partial charge is 0.112 e. The van der Waals surface area contributed by atoms with E-state index in [0.29, 0.717) is 12.6 Å². The molecule has 3 nitrogen and oxygen atoms in total. The molecule has 1 fully saturated rings. The van der Waals surface area contributed by atoms with E-state index in [2.05, 4.69) is 41.3 Å². The lowest BCUT2D eigenvalue weighted by molar-refractivity contribution is -0.0525. The van der Waals surface area contributed by atoms with Crippen molar-refractivity contribution in [2.45, 2.75) is 56.3 Å². The van der Waals surface area contributed by atoms with Gasteiger partial charge < -0.3 is 10.8 Å². The van der Waals surface area contributed by atoms with Crippen LogP contribution in [0.15, 0.2) is 48.5 Å². The van der Waals surface area contributed by atoms with Crippen molar-refractivity contribution in [1.82, 2.24) is 4.90 Å². The Morgan fingerprint density at radius 2 is 1.78 bits per heavy atom. The van der Waals surface area contributed by atoms with Gasteiger partial charge in [0.05, 0.1) is 0 Å². The molecule has 0 spiro atoms. The van der Waals surface area contributed by atoms with Crippen molar-refractivity contribution < 1.29 is 5.11 Å². The molecule has 2 aromatic carbocycles. The summed E-state index contributed by atoms with van der Waals surface area (Å²) in [5.41, 5.74) is 10.1. The minimum Gasteiger partial charge on any atom is -0.378 e. The van der Waals surface area contributed by atoms with Crippen molar-refractivity contribution in [3.8, 4) is 0 Å². The molecule has 1 aliphatic heterocycles. The minimum atomic E-state index is -0.383. The van der Waals surface area contributed by atoms with Crippen LogP contribution in [0.5, 0.6) is 0 Å². The number of aliphatic hydroxyl groups excluding tert-OH is 1. The number of nitrogens with zero attached hydrogens (tertiary/aromatic N) is 1. The van der Waals surface area contributed by atoms with E-state index < -0.39 is 0 Å². The van der Waals surface area contributed by atoms with Gasteiger partial charge >= 0.3 is 0 Å². The van der Waals surface area contributed by atoms with Crippen LogP contribution in [-0.2, 0) is 18.4 Å². The van der Waals surface area contributed by atoms with Gasteiger partial charge in [0.2, 0.25) is 0 Å². The zero-order valence-corrected chi connectivity index (χ0v) is 17.1. The number of benzene rings is 2. The van der Waals surface area contributed by atoms with Crippen LogP contribution in [0.4, 0.5) is 0 Å². The SMILES string of the molecule is Cl.NCC1(c2cccc(Cl)c2)CCC(N2Cc3ccccc3CC2O)CC1. The Kier molecular flexibility index (Phi) is 6.50. The molecule has 0 saturated heterocycles. The molecule has 27 heavy (non-hydrogen) atoms. The predicted molar refractivity (Wildman–Crippen MR) is 113 cm³/mol. The second kappa shape index (κ2) is 8.50. The molecule has 1 aliphatic carbocycles. The second-order valence-electron chi connectivity index (χ2n) is 7.85. The van der Waals surface area contributed by atoms with Gasteiger partial charge in [-0.1, -0.05) is 48.0 Å². The molecule has 0 amide bonds. The number of aliphatic hydroxyl groups is 1. The van der Waals surface area contributed by atoms with Crippen LogP contribution in [0.1, 0.15) is 42.4 Å². The van der Waals surface area contributed by atoms with E-state index in [9.17, 15) is 5.11 Å². The van der Waals surface area contributed by atoms with Gasteiger partial charge in [0.1, 0.15) is 6.23 Å². The normalized spacial score (nSPS) is 28.3. The summed E-state index contributed by atoms with van der Waals surface area (Å²) in [5, 5.41) is 11.5. The van der Waals surface area contributed by atoms with E-state index in [4.69, 9.17) is 17.3 Å². The number of rotatable bonds is 3. The van der Waals surface area contributed by atoms with Crippen molar-refractivity contribution in [2.24, 2.45) is 5.73 Å². The first-order chi connectivity index (χ1) is 12.6. The highest BCUT2D eigenvalue weighted by Crippen LogP contribution is 2.42. The fourth-order valence-electron chi connectivity index (χ4n) is 4.82. The van der Waals surface area contributed by atoms with Gasteiger partial charge in [0.15, 0.2) is 0 Å². The topological polar surface area (TPSA) is 49.5 Å². The number of hydrogen-bond acceptors (Lipinski definition) is 3. The summed E-state index contributed by atoms with van der Waals surface area (Å²) in [6.07, 6.45) is 4.54. The lowest BCUT2D eigenvalue weighted by Gasteiger charge is -2.46. The average Bonchev–Trinajstić information content (AvgIpc) is 2.67. The first kappa shape index (κ1) is 20.6. The van der Waals surface area contributed by atoms with Gasteiger partial charge in [-0.05, 0) is 54.5 Å². The van der Waals surface area contributed by atoms with E-state index in [1.807, 2.05) is 12.1 Å². The lowest BCUT2D eigenvalue weighted by atomic mass is 9.68. The third-order valence-electron chi connectivity index (χ3n) is 6.47. The maximum Gasteiger partial charge on any atom is 0.112 e. The number of fused-ring (bicyclic) bond motifs is 1. The highest BCUT2D eigenvalue weighted by Gasteiger charge is 2.39. The van der Waals surface area contributed by atoms with E-state index >= 15 is 0 Å². The van der Waals surface area contributed by atoms with Crippen LogP contribution in [0.2, 0.25) is 5.02 Å². The van der Waals surface area contributed by atoms with Gasteiger partial charge in [-0.25, -0.2) is 0 Å². The standard InChI is InChI=1S/C22H27ClN2O.ClH/c23-19-7-3-6-18(13-19)22(15-24)10-8-20(9-11-22)25-14-17-5-2-1-4-16(17)12-21(25)26;/h1-7,13,20-21,26H,8-12,14-15,24H2;1H. The molecule has 0 radical (unpaired) electrons. The first-order valence-corrected chi connectivity index (χ1v) is 9.96. The predicted octanol–water partition coefficient (Wildman–Crippen LogP) is 4.28. The maximum atomic E-state index is 10.7. The molecular formula is C22H28Cl2N2O. The molecule has 3 N–H and O–H groups in total. The summed E-state index contributed by atoms with van der Waals surface area (Å²) >= 11 is 6.22. The van der Waals surface area contributed by atoms with E-state index in [0.717, 1.165) is 43.7 Å². The summed E-state index contributed by atoms with van der Waals surface area (Å²) in [5.74, 6) is 0. The van der Waals surface area contributed by atoms with Crippen molar-refractivity contribution in [3.05, 3.63) is 70.2 Å². The quantitative estimate of drug-likeness (QED) is 0.799. The monoisotopic (exact) mass is 406 g/mol. The van der Waals surface area contributed by atoms with Crippen molar-refractivity contribution >= 4 is 24.0 Å². The van der Waals surface area contributed by atoms with Crippen LogP contribution in [-0.4, -0.2) is 28.8 Å². The van der Waals surface area contributed by atoms with Gasteiger partial charge in [-0.3, -0.25) is 4.90 Å². The van der Waals surface area contributed by atoms with Crippen LogP contribution in [0, 0.1) is 0 Å². The molecule has 0 aromatic heterocycles. The van der Waals surface area contributed by atoms with Gasteiger partial charge in [0, 0.05) is 36.0 Å². The van der Waals surface area contributed by atoms with Gasteiger partial charge in [-0.15, -0.1) is 12.4 Å². The Bertz CT molecular complexity index is 774. The highest BCUT2D eigenvalue weighted by atomic mass is 35.5. The van der Waals surface area contributed by atoms with Crippen LogP contribution in [0.3, 0.4) is 0 Å². The van der Waals surface area contributed by atoms with Gasteiger partial charge in [0.25, 0.3) is 0 Å². The Balaban J connectivity index is 0.00000210. The van der Waals surface area contributed by atoms with Crippen LogP contribution >= 0.6 is 24.0 Å². The number of halogens is 2. The zero-order valence-electron chi connectivity index (χ0n) is 15.5. The first-order valence-electron chi connectivity index (χ1n) is 9.58. The van der Waals surface area contributed by atoms with Gasteiger partial charge in [-0.2, -0.15) is 0 Å². The Labute approximate surface area is 172 Å². The fourth-order valence-corrected chi connectivity index (χ4v) is 5.01. The average molecular weight is 407 g/mol. The van der Waals surface area contributed by atoms with Crippen molar-refractivity contribution in [3.63, 3.8) is 0 Å². The fraction of sp³-hybridized carbons (Fsp3) is 0.455. The third-order valence-corrected chi connectivity index (χ3v) is 6.70. The summed E-state index contributed by atoms with van der Waals surface area (Å²) in [7, 11) is 0. The molecule has 1 saturated carbocycles. The molecule has 2 aromatic rings. The molecule has 1 heterocycles. The van der Waals surface area contributed by atoms with Crippen LogP contribution in [0.25, 0.3) is 0 Å². The lowest BCUT2D eigenvalue weighted by Crippen LogP contribution is -2.50. The summed E-state index contributed by atoms with van der Waals surface area (Å²) in [6, 6.07) is 17.1. The Morgan fingerprint density at radius 1 is 1.07 bits per heavy atom. The minimum absolute atomic E-state index is 0. The number of nitrogens with two attached hydrogens (primary N) is 1. The maximum absolute atomic E-state index is 10.7. The van der Waals surface area contributed by atoms with E-state index in [1.165, 1.54) is 16.7 Å². The van der Waals surface area contributed by atoms with E-state index in [-0.39, 0.29) is 24.0 Å². The molecule has 4 rings (SSSR count). The Morgan fingerprint density at radius 3 is 2.44 bits per heavy atom. The van der Waals surface area contributed by atoms with Crippen LogP contribution < -0.4 is 5.73 Å². The van der Waals surface area contributed by atoms with Crippen molar-refractivity contribution in [2.75, 3.05) is 6.54 Å². The highest BCUT2D eigenvalue weighted by molar-refractivity contribution is 6.30. The Hall–Kier alpha value is -1.10. The summed E-state index contributed by atoms with van der Waals surface area (Å²) < 4.78 is 0. The molecule has 1 atom stereocenters. The van der Waals surface area contributed by atoms with E-state index in [1.54, 1.807) is 0 Å². The largest absolute Gasteiger partial charge is 0.378 e. The summed E-state index contributed by atoms with van der Waals surface area (Å²) in [4.78, 5) is 2.29.